The third-order valence-corrected chi connectivity index (χ3v) is 3.89. The number of carbonyl (C=O) groups excluding carboxylic acids is 3. The number of hydrogen-bond acceptors (Lipinski definition) is 6. The molecular formula is C20H19FN2O6. The largest absolute Gasteiger partial charge is 0.486 e. The highest BCUT2D eigenvalue weighted by Crippen LogP contribution is 2.30. The maximum atomic E-state index is 12.8. The van der Waals surface area contributed by atoms with Gasteiger partial charge in [-0.15, -0.1) is 0 Å². The van der Waals surface area contributed by atoms with Gasteiger partial charge in [-0.3, -0.25) is 14.4 Å². The molecule has 9 heteroatoms. The zero-order chi connectivity index (χ0) is 20.6. The van der Waals surface area contributed by atoms with E-state index in [1.54, 1.807) is 18.2 Å². The van der Waals surface area contributed by atoms with Crippen molar-refractivity contribution in [2.24, 2.45) is 0 Å². The molecule has 3 rings (SSSR count). The van der Waals surface area contributed by atoms with Crippen molar-refractivity contribution >= 4 is 23.5 Å². The number of esters is 1. The van der Waals surface area contributed by atoms with Crippen molar-refractivity contribution in [3.05, 3.63) is 53.8 Å². The average Bonchev–Trinajstić information content (AvgIpc) is 2.72. The van der Waals surface area contributed by atoms with Gasteiger partial charge in [-0.1, -0.05) is 6.07 Å². The van der Waals surface area contributed by atoms with E-state index < -0.39 is 30.2 Å². The summed E-state index contributed by atoms with van der Waals surface area (Å²) in [6.45, 7) is 0.102. The van der Waals surface area contributed by atoms with Crippen molar-refractivity contribution in [1.82, 2.24) is 5.32 Å². The van der Waals surface area contributed by atoms with E-state index in [-0.39, 0.29) is 13.0 Å². The van der Waals surface area contributed by atoms with Gasteiger partial charge in [0.05, 0.1) is 13.0 Å². The Balaban J connectivity index is 1.37. The molecule has 1 aliphatic rings. The van der Waals surface area contributed by atoms with Crippen LogP contribution >= 0.6 is 0 Å². The van der Waals surface area contributed by atoms with Crippen LogP contribution in [0, 0.1) is 5.82 Å². The van der Waals surface area contributed by atoms with E-state index in [1.807, 2.05) is 0 Å². The molecule has 0 radical (unpaired) electrons. The SMILES string of the molecule is O=C(COC(=O)Cc1ccc2c(c1)OCCO2)NCC(=O)Nc1ccc(F)cc1. The molecule has 1 aliphatic heterocycles. The van der Waals surface area contributed by atoms with Crippen molar-refractivity contribution in [2.45, 2.75) is 6.42 Å². The molecule has 0 aliphatic carbocycles. The van der Waals surface area contributed by atoms with Crippen LogP contribution in [0.3, 0.4) is 0 Å². The molecule has 152 valence electrons. The molecule has 0 fully saturated rings. The highest BCUT2D eigenvalue weighted by Gasteiger charge is 2.14. The molecule has 0 saturated carbocycles. The second-order valence-electron chi connectivity index (χ2n) is 6.15. The predicted octanol–water partition coefficient (Wildman–Crippen LogP) is 1.44. The summed E-state index contributed by atoms with van der Waals surface area (Å²) in [5, 5.41) is 4.83. The molecule has 1 heterocycles. The number of anilines is 1. The molecule has 0 atom stereocenters. The number of amides is 2. The number of fused-ring (bicyclic) bond motifs is 1. The highest BCUT2D eigenvalue weighted by atomic mass is 19.1. The molecule has 0 bridgehead atoms. The third kappa shape index (κ3) is 6.20. The summed E-state index contributed by atoms with van der Waals surface area (Å²) in [6.07, 6.45) is -0.0328. The number of halogens is 1. The fraction of sp³-hybridized carbons (Fsp3) is 0.250. The lowest BCUT2D eigenvalue weighted by Gasteiger charge is -2.18. The lowest BCUT2D eigenvalue weighted by molar-refractivity contribution is -0.147. The summed E-state index contributed by atoms with van der Waals surface area (Å²) < 4.78 is 28.6. The minimum Gasteiger partial charge on any atom is -0.486 e. The molecule has 2 amide bonds. The van der Waals surface area contributed by atoms with Gasteiger partial charge in [0.2, 0.25) is 5.91 Å². The van der Waals surface area contributed by atoms with Crippen LogP contribution in [0.4, 0.5) is 10.1 Å². The topological polar surface area (TPSA) is 103 Å². The quantitative estimate of drug-likeness (QED) is 0.680. The zero-order valence-electron chi connectivity index (χ0n) is 15.4. The third-order valence-electron chi connectivity index (χ3n) is 3.89. The minimum absolute atomic E-state index is 0.0328. The summed E-state index contributed by atoms with van der Waals surface area (Å²) in [5.74, 6) is -0.942. The van der Waals surface area contributed by atoms with Crippen LogP contribution < -0.4 is 20.1 Å². The van der Waals surface area contributed by atoms with Crippen molar-refractivity contribution in [3.8, 4) is 11.5 Å². The molecule has 2 aromatic rings. The van der Waals surface area contributed by atoms with E-state index in [0.717, 1.165) is 0 Å². The summed E-state index contributed by atoms with van der Waals surface area (Å²) in [4.78, 5) is 35.4. The fourth-order valence-corrected chi connectivity index (χ4v) is 2.53. The van der Waals surface area contributed by atoms with E-state index in [2.05, 4.69) is 10.6 Å². The van der Waals surface area contributed by atoms with Gasteiger partial charge < -0.3 is 24.8 Å². The monoisotopic (exact) mass is 402 g/mol. The second kappa shape index (κ2) is 9.54. The van der Waals surface area contributed by atoms with Crippen LogP contribution in [0.1, 0.15) is 5.56 Å². The van der Waals surface area contributed by atoms with Crippen molar-refractivity contribution in [2.75, 3.05) is 31.7 Å². The Labute approximate surface area is 165 Å². The second-order valence-corrected chi connectivity index (χ2v) is 6.15. The number of carbonyl (C=O) groups is 3. The van der Waals surface area contributed by atoms with Gasteiger partial charge in [-0.05, 0) is 42.0 Å². The first-order chi connectivity index (χ1) is 14.0. The highest BCUT2D eigenvalue weighted by molar-refractivity contribution is 5.94. The van der Waals surface area contributed by atoms with Crippen LogP contribution in [-0.2, 0) is 25.5 Å². The number of hydrogen-bond donors (Lipinski definition) is 2. The molecule has 0 aromatic heterocycles. The fourth-order valence-electron chi connectivity index (χ4n) is 2.53. The van der Waals surface area contributed by atoms with Gasteiger partial charge in [0, 0.05) is 5.69 Å². The molecule has 0 unspecified atom stereocenters. The predicted molar refractivity (Wildman–Crippen MR) is 100 cm³/mol. The van der Waals surface area contributed by atoms with E-state index in [0.29, 0.717) is 36.0 Å². The summed E-state index contributed by atoms with van der Waals surface area (Å²) in [6, 6.07) is 10.3. The number of rotatable bonds is 7. The minimum atomic E-state index is -0.616. The first-order valence-corrected chi connectivity index (χ1v) is 8.86. The normalized spacial score (nSPS) is 12.0. The first-order valence-electron chi connectivity index (χ1n) is 8.86. The standard InChI is InChI=1S/C20H19FN2O6/c21-14-2-4-15(5-3-14)23-18(24)11-22-19(25)12-29-20(26)10-13-1-6-16-17(9-13)28-8-7-27-16/h1-6,9H,7-8,10-12H2,(H,22,25)(H,23,24). The molecular weight excluding hydrogens is 383 g/mol. The summed E-state index contributed by atoms with van der Waals surface area (Å²) in [5.41, 5.74) is 1.06. The van der Waals surface area contributed by atoms with Crippen molar-refractivity contribution in [1.29, 1.82) is 0 Å². The molecule has 0 spiro atoms. The van der Waals surface area contributed by atoms with Gasteiger partial charge in [-0.25, -0.2) is 4.39 Å². The van der Waals surface area contributed by atoms with Crippen LogP contribution in [0.5, 0.6) is 11.5 Å². The van der Waals surface area contributed by atoms with Crippen LogP contribution in [-0.4, -0.2) is 44.1 Å². The maximum absolute atomic E-state index is 12.8. The Bertz CT molecular complexity index is 900. The van der Waals surface area contributed by atoms with Gasteiger partial charge in [0.25, 0.3) is 5.91 Å². The van der Waals surface area contributed by atoms with Gasteiger partial charge >= 0.3 is 5.97 Å². The maximum Gasteiger partial charge on any atom is 0.310 e. The molecule has 8 nitrogen and oxygen atoms in total. The van der Waals surface area contributed by atoms with E-state index >= 15 is 0 Å². The zero-order valence-corrected chi connectivity index (χ0v) is 15.4. The first kappa shape index (κ1) is 20.1. The Hall–Kier alpha value is -3.62. The van der Waals surface area contributed by atoms with E-state index in [1.165, 1.54) is 24.3 Å². The molecule has 0 saturated heterocycles. The Morgan fingerprint density at radius 3 is 2.45 bits per heavy atom. The van der Waals surface area contributed by atoms with Crippen molar-refractivity contribution in [3.63, 3.8) is 0 Å². The Morgan fingerprint density at radius 1 is 0.966 bits per heavy atom. The van der Waals surface area contributed by atoms with E-state index in [9.17, 15) is 18.8 Å². The summed E-state index contributed by atoms with van der Waals surface area (Å²) in [7, 11) is 0. The number of benzene rings is 2. The van der Waals surface area contributed by atoms with Crippen LogP contribution in [0.25, 0.3) is 0 Å². The summed E-state index contributed by atoms with van der Waals surface area (Å²) >= 11 is 0. The van der Waals surface area contributed by atoms with Gasteiger partial charge in [0.15, 0.2) is 18.1 Å². The number of ether oxygens (including phenoxy) is 3. The van der Waals surface area contributed by atoms with Crippen LogP contribution in [0.2, 0.25) is 0 Å². The lowest BCUT2D eigenvalue weighted by Crippen LogP contribution is -2.35. The van der Waals surface area contributed by atoms with Crippen molar-refractivity contribution < 1.29 is 33.0 Å². The Morgan fingerprint density at radius 2 is 1.69 bits per heavy atom. The molecule has 2 aromatic carbocycles. The van der Waals surface area contributed by atoms with Gasteiger partial charge in [0.1, 0.15) is 19.0 Å². The van der Waals surface area contributed by atoms with Crippen LogP contribution in [0.15, 0.2) is 42.5 Å². The smallest absolute Gasteiger partial charge is 0.310 e. The van der Waals surface area contributed by atoms with Gasteiger partial charge in [-0.2, -0.15) is 0 Å². The number of nitrogens with one attached hydrogen (secondary N) is 2. The van der Waals surface area contributed by atoms with E-state index in [4.69, 9.17) is 14.2 Å². The molecule has 29 heavy (non-hydrogen) atoms. The average molecular weight is 402 g/mol. The Kier molecular flexibility index (Phi) is 6.62. The molecule has 2 N–H and O–H groups in total. The lowest BCUT2D eigenvalue weighted by atomic mass is 10.1.